The second-order valence-electron chi connectivity index (χ2n) is 4.03. The van der Waals surface area contributed by atoms with E-state index in [1.807, 2.05) is 18.7 Å². The SMILES string of the molecule is Cc1oc(CC(=O)O)nc1C1CCCSC1. The minimum atomic E-state index is -0.897. The molecule has 5 heteroatoms. The Labute approximate surface area is 98.4 Å². The third-order valence-electron chi connectivity index (χ3n) is 2.73. The van der Waals surface area contributed by atoms with Crippen molar-refractivity contribution in [3.63, 3.8) is 0 Å². The Morgan fingerprint density at radius 3 is 3.12 bits per heavy atom. The molecule has 1 atom stereocenters. The molecule has 0 radical (unpaired) electrons. The minimum absolute atomic E-state index is 0.124. The van der Waals surface area contributed by atoms with E-state index in [0.29, 0.717) is 11.8 Å². The summed E-state index contributed by atoms with van der Waals surface area (Å²) >= 11 is 1.93. The number of carboxylic acid groups (broad SMARTS) is 1. The van der Waals surface area contributed by atoms with Gasteiger partial charge < -0.3 is 9.52 Å². The maximum absolute atomic E-state index is 10.6. The molecular formula is C11H15NO3S. The van der Waals surface area contributed by atoms with E-state index in [9.17, 15) is 4.79 Å². The van der Waals surface area contributed by atoms with Gasteiger partial charge in [0, 0.05) is 11.7 Å². The highest BCUT2D eigenvalue weighted by Crippen LogP contribution is 2.32. The summed E-state index contributed by atoms with van der Waals surface area (Å²) in [6, 6.07) is 0. The van der Waals surface area contributed by atoms with Crippen molar-refractivity contribution < 1.29 is 14.3 Å². The Hall–Kier alpha value is -0.970. The van der Waals surface area contributed by atoms with Crippen LogP contribution in [0.15, 0.2) is 4.42 Å². The third kappa shape index (κ3) is 2.58. The number of thioether (sulfide) groups is 1. The quantitative estimate of drug-likeness (QED) is 0.879. The second-order valence-corrected chi connectivity index (χ2v) is 5.18. The number of aliphatic carboxylic acids is 1. The third-order valence-corrected chi connectivity index (χ3v) is 3.94. The number of hydrogen-bond donors (Lipinski definition) is 1. The van der Waals surface area contributed by atoms with Crippen molar-refractivity contribution in [2.24, 2.45) is 0 Å². The Balaban J connectivity index is 2.13. The van der Waals surface area contributed by atoms with Crippen molar-refractivity contribution in [2.75, 3.05) is 11.5 Å². The molecule has 1 N–H and O–H groups in total. The van der Waals surface area contributed by atoms with E-state index in [-0.39, 0.29) is 6.42 Å². The van der Waals surface area contributed by atoms with Crippen molar-refractivity contribution in [3.05, 3.63) is 17.3 Å². The highest BCUT2D eigenvalue weighted by molar-refractivity contribution is 7.99. The number of nitrogens with zero attached hydrogens (tertiary/aromatic N) is 1. The molecule has 0 aliphatic carbocycles. The van der Waals surface area contributed by atoms with Crippen LogP contribution in [0.4, 0.5) is 0 Å². The lowest BCUT2D eigenvalue weighted by Crippen LogP contribution is -2.10. The predicted molar refractivity (Wildman–Crippen MR) is 61.9 cm³/mol. The Morgan fingerprint density at radius 1 is 1.69 bits per heavy atom. The maximum Gasteiger partial charge on any atom is 0.312 e. The first-order chi connectivity index (χ1) is 7.66. The molecular weight excluding hydrogens is 226 g/mol. The number of carboxylic acids is 1. The molecule has 1 saturated heterocycles. The summed E-state index contributed by atoms with van der Waals surface area (Å²) in [5.74, 6) is 2.94. The van der Waals surface area contributed by atoms with E-state index < -0.39 is 5.97 Å². The monoisotopic (exact) mass is 241 g/mol. The fourth-order valence-electron chi connectivity index (χ4n) is 2.00. The molecule has 1 aliphatic rings. The van der Waals surface area contributed by atoms with Gasteiger partial charge in [-0.25, -0.2) is 4.98 Å². The summed E-state index contributed by atoms with van der Waals surface area (Å²) in [4.78, 5) is 14.9. The van der Waals surface area contributed by atoms with Crippen molar-refractivity contribution in [1.29, 1.82) is 0 Å². The molecule has 1 fully saturated rings. The average Bonchev–Trinajstić information content (AvgIpc) is 2.60. The van der Waals surface area contributed by atoms with Crippen LogP contribution in [0.1, 0.15) is 36.1 Å². The Bertz CT molecular complexity index is 383. The molecule has 0 bridgehead atoms. The van der Waals surface area contributed by atoms with Crippen molar-refractivity contribution in [2.45, 2.75) is 32.1 Å². The first-order valence-electron chi connectivity index (χ1n) is 5.42. The van der Waals surface area contributed by atoms with Crippen LogP contribution < -0.4 is 0 Å². The number of hydrogen-bond acceptors (Lipinski definition) is 4. The van der Waals surface area contributed by atoms with Gasteiger partial charge in [-0.2, -0.15) is 11.8 Å². The van der Waals surface area contributed by atoms with Crippen LogP contribution in [-0.4, -0.2) is 27.6 Å². The highest BCUT2D eigenvalue weighted by Gasteiger charge is 2.22. The first-order valence-corrected chi connectivity index (χ1v) is 6.58. The fraction of sp³-hybridized carbons (Fsp3) is 0.636. The lowest BCUT2D eigenvalue weighted by molar-refractivity contribution is -0.136. The van der Waals surface area contributed by atoms with E-state index in [1.54, 1.807) is 0 Å². The van der Waals surface area contributed by atoms with Crippen molar-refractivity contribution in [1.82, 2.24) is 4.98 Å². The summed E-state index contributed by atoms with van der Waals surface area (Å²) in [7, 11) is 0. The van der Waals surface area contributed by atoms with Gasteiger partial charge in [0.2, 0.25) is 5.89 Å². The molecule has 16 heavy (non-hydrogen) atoms. The van der Waals surface area contributed by atoms with E-state index >= 15 is 0 Å². The molecule has 2 heterocycles. The van der Waals surface area contributed by atoms with E-state index in [1.165, 1.54) is 12.2 Å². The van der Waals surface area contributed by atoms with E-state index in [0.717, 1.165) is 23.6 Å². The average molecular weight is 241 g/mol. The van der Waals surface area contributed by atoms with Gasteiger partial charge in [-0.15, -0.1) is 0 Å². The van der Waals surface area contributed by atoms with E-state index in [2.05, 4.69) is 4.98 Å². The Kier molecular flexibility index (Phi) is 3.53. The smallest absolute Gasteiger partial charge is 0.312 e. The lowest BCUT2D eigenvalue weighted by atomic mass is 10.0. The van der Waals surface area contributed by atoms with Crippen LogP contribution in [0, 0.1) is 6.92 Å². The van der Waals surface area contributed by atoms with Gasteiger partial charge in [0.25, 0.3) is 0 Å². The van der Waals surface area contributed by atoms with Gasteiger partial charge in [-0.3, -0.25) is 4.79 Å². The van der Waals surface area contributed by atoms with Gasteiger partial charge >= 0.3 is 5.97 Å². The first kappa shape index (κ1) is 11.5. The summed E-state index contributed by atoms with van der Waals surface area (Å²) < 4.78 is 5.38. The molecule has 1 aromatic rings. The fourth-order valence-corrected chi connectivity index (χ4v) is 3.15. The Morgan fingerprint density at radius 2 is 2.50 bits per heavy atom. The zero-order valence-electron chi connectivity index (χ0n) is 9.23. The summed E-state index contributed by atoms with van der Waals surface area (Å²) in [6.45, 7) is 1.87. The van der Waals surface area contributed by atoms with Gasteiger partial charge in [0.15, 0.2) is 0 Å². The van der Waals surface area contributed by atoms with Crippen LogP contribution in [0.5, 0.6) is 0 Å². The molecule has 88 valence electrons. The highest BCUT2D eigenvalue weighted by atomic mass is 32.2. The largest absolute Gasteiger partial charge is 0.481 e. The number of aromatic nitrogens is 1. The van der Waals surface area contributed by atoms with Crippen LogP contribution in [0.25, 0.3) is 0 Å². The van der Waals surface area contributed by atoms with Crippen LogP contribution >= 0.6 is 11.8 Å². The van der Waals surface area contributed by atoms with Gasteiger partial charge in [0.05, 0.1) is 5.69 Å². The van der Waals surface area contributed by atoms with E-state index in [4.69, 9.17) is 9.52 Å². The molecule has 1 unspecified atom stereocenters. The zero-order valence-corrected chi connectivity index (χ0v) is 10.0. The summed E-state index contributed by atoms with van der Waals surface area (Å²) in [6.07, 6.45) is 2.21. The van der Waals surface area contributed by atoms with Gasteiger partial charge in [-0.05, 0) is 25.5 Å². The molecule has 1 aromatic heterocycles. The number of carbonyl (C=O) groups is 1. The van der Waals surface area contributed by atoms with Crippen LogP contribution in [0.2, 0.25) is 0 Å². The molecule has 0 aromatic carbocycles. The number of rotatable bonds is 3. The van der Waals surface area contributed by atoms with Gasteiger partial charge in [0.1, 0.15) is 12.2 Å². The summed E-state index contributed by atoms with van der Waals surface area (Å²) in [5.41, 5.74) is 0.962. The molecule has 2 rings (SSSR count). The number of oxazole rings is 1. The minimum Gasteiger partial charge on any atom is -0.481 e. The standard InChI is InChI=1S/C11H15NO3S/c1-7-11(8-3-2-4-16-6-8)12-9(15-7)5-10(13)14/h8H,2-6H2,1H3,(H,13,14). The van der Waals surface area contributed by atoms with Crippen LogP contribution in [0.3, 0.4) is 0 Å². The molecule has 1 aliphatic heterocycles. The second kappa shape index (κ2) is 4.91. The predicted octanol–water partition coefficient (Wildman–Crippen LogP) is 2.22. The molecule has 4 nitrogen and oxygen atoms in total. The van der Waals surface area contributed by atoms with Gasteiger partial charge in [-0.1, -0.05) is 0 Å². The van der Waals surface area contributed by atoms with Crippen molar-refractivity contribution in [3.8, 4) is 0 Å². The molecule has 0 spiro atoms. The topological polar surface area (TPSA) is 63.3 Å². The molecule has 0 saturated carbocycles. The lowest BCUT2D eigenvalue weighted by Gasteiger charge is -2.19. The summed E-state index contributed by atoms with van der Waals surface area (Å²) in [5, 5.41) is 8.67. The molecule has 0 amide bonds. The maximum atomic E-state index is 10.6. The normalized spacial score (nSPS) is 20.9. The van der Waals surface area contributed by atoms with Crippen molar-refractivity contribution >= 4 is 17.7 Å². The number of aryl methyl sites for hydroxylation is 1. The zero-order chi connectivity index (χ0) is 11.5. The van der Waals surface area contributed by atoms with Crippen LogP contribution in [-0.2, 0) is 11.2 Å².